The van der Waals surface area contributed by atoms with Gasteiger partial charge in [-0.25, -0.2) is 13.4 Å². The van der Waals surface area contributed by atoms with E-state index in [9.17, 15) is 8.42 Å². The van der Waals surface area contributed by atoms with Crippen LogP contribution in [0.25, 0.3) is 0 Å². The highest BCUT2D eigenvalue weighted by Gasteiger charge is 2.24. The molecule has 0 aromatic carbocycles. The number of hydrogen-bond acceptors (Lipinski definition) is 4. The summed E-state index contributed by atoms with van der Waals surface area (Å²) in [5.74, 6) is 1.37. The van der Waals surface area contributed by atoms with Crippen LogP contribution >= 0.6 is 11.6 Å². The van der Waals surface area contributed by atoms with E-state index in [0.29, 0.717) is 5.02 Å². The summed E-state index contributed by atoms with van der Waals surface area (Å²) in [6.07, 6.45) is 4.82. The van der Waals surface area contributed by atoms with Crippen molar-refractivity contribution in [1.29, 1.82) is 0 Å². The number of halogens is 1. The molecule has 0 bridgehead atoms. The number of aryl methyl sites for hydroxylation is 1. The Morgan fingerprint density at radius 2 is 2.05 bits per heavy atom. The third-order valence-corrected chi connectivity index (χ3v) is 5.06. The van der Waals surface area contributed by atoms with Crippen molar-refractivity contribution >= 4 is 27.3 Å². The van der Waals surface area contributed by atoms with E-state index < -0.39 is 9.84 Å². The third-order valence-electron chi connectivity index (χ3n) is 3.52. The smallest absolute Gasteiger partial charge is 0.147 e. The first-order valence-corrected chi connectivity index (χ1v) is 8.84. The van der Waals surface area contributed by atoms with Crippen LogP contribution in [0.4, 0.5) is 5.82 Å². The fourth-order valence-corrected chi connectivity index (χ4v) is 3.91. The van der Waals surface area contributed by atoms with Crippen molar-refractivity contribution in [3.8, 4) is 0 Å². The molecule has 19 heavy (non-hydrogen) atoms. The van der Waals surface area contributed by atoms with E-state index in [1.54, 1.807) is 6.20 Å². The molecule has 0 aliphatic carbocycles. The number of anilines is 1. The first-order valence-electron chi connectivity index (χ1n) is 6.40. The molecule has 0 unspecified atom stereocenters. The van der Waals surface area contributed by atoms with E-state index in [1.807, 2.05) is 13.0 Å². The SMILES string of the molecule is Cc1ccnc(N2CCC(CS(C)(=O)=O)CC2)c1Cl. The molecule has 0 N–H and O–H groups in total. The number of pyridine rings is 1. The second kappa shape index (κ2) is 5.67. The van der Waals surface area contributed by atoms with Crippen molar-refractivity contribution in [2.75, 3.05) is 30.0 Å². The molecular weight excluding hydrogens is 284 g/mol. The molecule has 1 fully saturated rings. The number of rotatable bonds is 3. The van der Waals surface area contributed by atoms with Crippen molar-refractivity contribution in [1.82, 2.24) is 4.98 Å². The van der Waals surface area contributed by atoms with Crippen LogP contribution in [0.3, 0.4) is 0 Å². The summed E-state index contributed by atoms with van der Waals surface area (Å²) in [5.41, 5.74) is 1.02. The normalized spacial score (nSPS) is 17.7. The summed E-state index contributed by atoms with van der Waals surface area (Å²) in [4.78, 5) is 6.49. The molecule has 0 amide bonds. The minimum absolute atomic E-state index is 0.259. The van der Waals surface area contributed by atoms with Gasteiger partial charge in [-0.15, -0.1) is 0 Å². The van der Waals surface area contributed by atoms with Gasteiger partial charge < -0.3 is 4.90 Å². The van der Waals surface area contributed by atoms with Crippen LogP contribution < -0.4 is 4.90 Å². The van der Waals surface area contributed by atoms with E-state index >= 15 is 0 Å². The van der Waals surface area contributed by atoms with Gasteiger partial charge in [-0.05, 0) is 37.3 Å². The van der Waals surface area contributed by atoms with Crippen molar-refractivity contribution in [3.63, 3.8) is 0 Å². The fourth-order valence-electron chi connectivity index (χ4n) is 2.49. The fraction of sp³-hybridized carbons (Fsp3) is 0.615. The van der Waals surface area contributed by atoms with Gasteiger partial charge in [0.2, 0.25) is 0 Å². The molecule has 1 aromatic rings. The lowest BCUT2D eigenvalue weighted by Crippen LogP contribution is -2.36. The largest absolute Gasteiger partial charge is 0.355 e. The zero-order valence-corrected chi connectivity index (χ0v) is 12.8. The standard InChI is InChI=1S/C13H19ClN2O2S/c1-10-3-6-15-13(12(10)14)16-7-4-11(5-8-16)9-19(2,17)18/h3,6,11H,4-5,7-9H2,1-2H3. The maximum absolute atomic E-state index is 11.3. The van der Waals surface area contributed by atoms with Crippen LogP contribution in [0.2, 0.25) is 5.02 Å². The average Bonchev–Trinajstić information content (AvgIpc) is 2.32. The predicted octanol–water partition coefficient (Wildman–Crippen LogP) is 2.30. The molecule has 1 saturated heterocycles. The van der Waals surface area contributed by atoms with Crippen molar-refractivity contribution < 1.29 is 8.42 Å². The molecule has 1 aliphatic heterocycles. The van der Waals surface area contributed by atoms with Gasteiger partial charge in [0.1, 0.15) is 15.7 Å². The summed E-state index contributed by atoms with van der Waals surface area (Å²) in [6.45, 7) is 3.59. The topological polar surface area (TPSA) is 50.3 Å². The lowest BCUT2D eigenvalue weighted by Gasteiger charge is -2.33. The zero-order chi connectivity index (χ0) is 14.0. The van der Waals surface area contributed by atoms with Crippen molar-refractivity contribution in [2.45, 2.75) is 19.8 Å². The Morgan fingerprint density at radius 3 is 2.63 bits per heavy atom. The van der Waals surface area contributed by atoms with Gasteiger partial charge in [-0.1, -0.05) is 11.6 Å². The minimum atomic E-state index is -2.88. The molecule has 0 atom stereocenters. The number of sulfone groups is 1. The Kier molecular flexibility index (Phi) is 4.36. The van der Waals surface area contributed by atoms with Crippen molar-refractivity contribution in [3.05, 3.63) is 22.8 Å². The third kappa shape index (κ3) is 3.83. The first kappa shape index (κ1) is 14.6. The molecule has 6 heteroatoms. The summed E-state index contributed by atoms with van der Waals surface area (Å²) in [7, 11) is -2.88. The molecule has 0 radical (unpaired) electrons. The maximum atomic E-state index is 11.3. The Hall–Kier alpha value is -0.810. The lowest BCUT2D eigenvalue weighted by molar-refractivity contribution is 0.435. The van der Waals surface area contributed by atoms with Gasteiger partial charge >= 0.3 is 0 Å². The van der Waals surface area contributed by atoms with Crippen LogP contribution in [0, 0.1) is 12.8 Å². The van der Waals surface area contributed by atoms with Crippen LogP contribution in [-0.4, -0.2) is 38.5 Å². The van der Waals surface area contributed by atoms with Gasteiger partial charge in [-0.2, -0.15) is 0 Å². The Balaban J connectivity index is 2.02. The van der Waals surface area contributed by atoms with E-state index in [2.05, 4.69) is 9.88 Å². The highest BCUT2D eigenvalue weighted by atomic mass is 35.5. The number of aromatic nitrogens is 1. The van der Waals surface area contributed by atoms with Gasteiger partial charge in [-0.3, -0.25) is 0 Å². The molecule has 0 spiro atoms. The van der Waals surface area contributed by atoms with Gasteiger partial charge in [0, 0.05) is 25.5 Å². The Morgan fingerprint density at radius 1 is 1.42 bits per heavy atom. The summed E-state index contributed by atoms with van der Waals surface area (Å²) in [5, 5.41) is 0.698. The highest BCUT2D eigenvalue weighted by Crippen LogP contribution is 2.30. The van der Waals surface area contributed by atoms with E-state index in [-0.39, 0.29) is 11.7 Å². The molecule has 1 aromatic heterocycles. The van der Waals surface area contributed by atoms with E-state index in [0.717, 1.165) is 37.3 Å². The average molecular weight is 303 g/mol. The molecule has 4 nitrogen and oxygen atoms in total. The van der Waals surface area contributed by atoms with Crippen LogP contribution in [-0.2, 0) is 9.84 Å². The summed E-state index contributed by atoms with van der Waals surface area (Å²) in [6, 6.07) is 1.89. The zero-order valence-electron chi connectivity index (χ0n) is 11.3. The van der Waals surface area contributed by atoms with Gasteiger partial charge in [0.15, 0.2) is 0 Å². The second-order valence-electron chi connectivity index (χ2n) is 5.29. The predicted molar refractivity (Wildman–Crippen MR) is 78.6 cm³/mol. The van der Waals surface area contributed by atoms with Gasteiger partial charge in [0.05, 0.1) is 10.8 Å². The molecule has 2 rings (SSSR count). The quantitative estimate of drug-likeness (QED) is 0.860. The van der Waals surface area contributed by atoms with Crippen molar-refractivity contribution in [2.24, 2.45) is 5.92 Å². The van der Waals surface area contributed by atoms with Crippen LogP contribution in [0.15, 0.2) is 12.3 Å². The number of nitrogens with zero attached hydrogens (tertiary/aromatic N) is 2. The maximum Gasteiger partial charge on any atom is 0.147 e. The molecule has 106 valence electrons. The van der Waals surface area contributed by atoms with E-state index in [1.165, 1.54) is 6.26 Å². The van der Waals surface area contributed by atoms with Gasteiger partial charge in [0.25, 0.3) is 0 Å². The highest BCUT2D eigenvalue weighted by molar-refractivity contribution is 7.90. The second-order valence-corrected chi connectivity index (χ2v) is 7.85. The number of piperidine rings is 1. The molecule has 0 saturated carbocycles. The first-order chi connectivity index (χ1) is 8.87. The van der Waals surface area contributed by atoms with E-state index in [4.69, 9.17) is 11.6 Å². The monoisotopic (exact) mass is 302 g/mol. The number of hydrogen-bond donors (Lipinski definition) is 0. The minimum Gasteiger partial charge on any atom is -0.355 e. The molecular formula is C13H19ClN2O2S. The molecule has 2 heterocycles. The van der Waals surface area contributed by atoms with Crippen LogP contribution in [0.5, 0.6) is 0 Å². The Labute approximate surface area is 119 Å². The summed E-state index contributed by atoms with van der Waals surface area (Å²) >= 11 is 6.27. The molecule has 1 aliphatic rings. The summed E-state index contributed by atoms with van der Waals surface area (Å²) < 4.78 is 22.6. The lowest BCUT2D eigenvalue weighted by atomic mass is 9.99. The Bertz CT molecular complexity index is 552. The van der Waals surface area contributed by atoms with Crippen LogP contribution in [0.1, 0.15) is 18.4 Å².